The van der Waals surface area contributed by atoms with Gasteiger partial charge < -0.3 is 42.8 Å². The van der Waals surface area contributed by atoms with Crippen molar-refractivity contribution in [2.45, 2.75) is 62.7 Å². The van der Waals surface area contributed by atoms with Crippen molar-refractivity contribution in [3.05, 3.63) is 18.2 Å². The van der Waals surface area contributed by atoms with Gasteiger partial charge in [-0.25, -0.2) is 9.78 Å². The Labute approximate surface area is 200 Å². The minimum absolute atomic E-state index is 0.119. The summed E-state index contributed by atoms with van der Waals surface area (Å²) in [5.74, 6) is -5.14. The summed E-state index contributed by atoms with van der Waals surface area (Å²) in [6, 6.07) is -4.81. The SMILES string of the molecule is NC(=O)CCC(NC(=O)C(N)Cc1cnc[nH]1)C(=O)N1CCCC1C(=O)NC(CC(N)=O)C(=O)O. The molecular weight excluding hydrogens is 464 g/mol. The lowest BCUT2D eigenvalue weighted by Crippen LogP contribution is -2.57. The molecule has 2 heterocycles. The molecule has 0 bridgehead atoms. The highest BCUT2D eigenvalue weighted by Gasteiger charge is 2.39. The van der Waals surface area contributed by atoms with Crippen molar-refractivity contribution in [1.82, 2.24) is 25.5 Å². The Hall–Kier alpha value is -4.01. The summed E-state index contributed by atoms with van der Waals surface area (Å²) in [6.07, 6.45) is 2.76. The molecule has 192 valence electrons. The number of likely N-dealkylation sites (tertiary alicyclic amines) is 1. The molecule has 1 fully saturated rings. The second kappa shape index (κ2) is 12.5. The number of carbonyl (C=O) groups is 6. The van der Waals surface area contributed by atoms with E-state index in [1.54, 1.807) is 0 Å². The zero-order valence-electron chi connectivity index (χ0n) is 18.9. The molecule has 10 N–H and O–H groups in total. The van der Waals surface area contributed by atoms with Crippen molar-refractivity contribution >= 4 is 35.5 Å². The van der Waals surface area contributed by atoms with E-state index in [1.165, 1.54) is 17.4 Å². The molecule has 4 atom stereocenters. The number of aromatic amines is 1. The normalized spacial score (nSPS) is 17.7. The topological polar surface area (TPSA) is 257 Å². The van der Waals surface area contributed by atoms with Crippen molar-refractivity contribution in [2.24, 2.45) is 17.2 Å². The number of hydrogen-bond acceptors (Lipinski definition) is 8. The second-order valence-corrected chi connectivity index (χ2v) is 8.21. The number of carbonyl (C=O) groups excluding carboxylic acids is 5. The zero-order chi connectivity index (χ0) is 26.1. The fourth-order valence-electron chi connectivity index (χ4n) is 3.72. The van der Waals surface area contributed by atoms with Gasteiger partial charge in [0.15, 0.2) is 0 Å². The van der Waals surface area contributed by atoms with Gasteiger partial charge in [0.2, 0.25) is 29.5 Å². The van der Waals surface area contributed by atoms with Gasteiger partial charge in [0.05, 0.1) is 18.8 Å². The summed E-state index contributed by atoms with van der Waals surface area (Å²) in [4.78, 5) is 80.3. The number of rotatable bonds is 13. The van der Waals surface area contributed by atoms with E-state index in [0.29, 0.717) is 12.1 Å². The first-order chi connectivity index (χ1) is 16.5. The Balaban J connectivity index is 2.12. The minimum atomic E-state index is -1.55. The number of carboxylic acids is 1. The highest BCUT2D eigenvalue weighted by Crippen LogP contribution is 2.20. The average Bonchev–Trinajstić information content (AvgIpc) is 3.47. The van der Waals surface area contributed by atoms with Crippen LogP contribution in [-0.4, -0.2) is 86.2 Å². The molecule has 0 spiro atoms. The number of aromatic nitrogens is 2. The van der Waals surface area contributed by atoms with Crippen LogP contribution in [0.1, 0.15) is 37.8 Å². The Morgan fingerprint density at radius 1 is 1.14 bits per heavy atom. The van der Waals surface area contributed by atoms with Gasteiger partial charge in [-0.2, -0.15) is 0 Å². The van der Waals surface area contributed by atoms with Crippen LogP contribution in [0.25, 0.3) is 0 Å². The third-order valence-electron chi connectivity index (χ3n) is 5.48. The van der Waals surface area contributed by atoms with E-state index in [4.69, 9.17) is 17.2 Å². The number of aliphatic carboxylic acids is 1. The van der Waals surface area contributed by atoms with Crippen molar-refractivity contribution < 1.29 is 33.9 Å². The van der Waals surface area contributed by atoms with Gasteiger partial charge in [-0.15, -0.1) is 0 Å². The monoisotopic (exact) mass is 494 g/mol. The van der Waals surface area contributed by atoms with Gasteiger partial charge in [-0.1, -0.05) is 0 Å². The number of primary amides is 2. The molecule has 0 aromatic carbocycles. The van der Waals surface area contributed by atoms with Crippen molar-refractivity contribution in [1.29, 1.82) is 0 Å². The first kappa shape index (κ1) is 27.2. The second-order valence-electron chi connectivity index (χ2n) is 8.21. The van der Waals surface area contributed by atoms with Crippen LogP contribution in [0.2, 0.25) is 0 Å². The maximum Gasteiger partial charge on any atom is 0.326 e. The first-order valence-electron chi connectivity index (χ1n) is 10.9. The van der Waals surface area contributed by atoms with Crippen LogP contribution in [0.15, 0.2) is 12.5 Å². The van der Waals surface area contributed by atoms with E-state index in [-0.39, 0.29) is 32.2 Å². The maximum absolute atomic E-state index is 13.3. The number of nitrogens with two attached hydrogens (primary N) is 3. The molecule has 15 heteroatoms. The number of H-pyrrole nitrogens is 1. The summed E-state index contributed by atoms with van der Waals surface area (Å²) in [6.45, 7) is 0.160. The Morgan fingerprint density at radius 2 is 1.86 bits per heavy atom. The van der Waals surface area contributed by atoms with Crippen LogP contribution in [0, 0.1) is 0 Å². The molecule has 2 rings (SSSR count). The van der Waals surface area contributed by atoms with Crippen LogP contribution < -0.4 is 27.8 Å². The van der Waals surface area contributed by atoms with Gasteiger partial charge in [-0.05, 0) is 19.3 Å². The zero-order valence-corrected chi connectivity index (χ0v) is 18.9. The number of imidazole rings is 1. The molecule has 35 heavy (non-hydrogen) atoms. The molecule has 0 aliphatic carbocycles. The molecule has 1 aromatic heterocycles. The highest BCUT2D eigenvalue weighted by molar-refractivity contribution is 5.95. The molecule has 0 saturated carbocycles. The van der Waals surface area contributed by atoms with Gasteiger partial charge in [-0.3, -0.25) is 24.0 Å². The average molecular weight is 495 g/mol. The quantitative estimate of drug-likeness (QED) is 0.143. The van der Waals surface area contributed by atoms with Crippen LogP contribution in [-0.2, 0) is 35.2 Å². The number of nitrogens with one attached hydrogen (secondary N) is 3. The van der Waals surface area contributed by atoms with Crippen molar-refractivity contribution in [3.63, 3.8) is 0 Å². The predicted molar refractivity (Wildman–Crippen MR) is 119 cm³/mol. The van der Waals surface area contributed by atoms with E-state index >= 15 is 0 Å². The number of carboxylic acid groups (broad SMARTS) is 1. The van der Waals surface area contributed by atoms with E-state index in [0.717, 1.165) is 0 Å². The van der Waals surface area contributed by atoms with Gasteiger partial charge in [0, 0.05) is 31.3 Å². The fraction of sp³-hybridized carbons (Fsp3) is 0.550. The van der Waals surface area contributed by atoms with Crippen LogP contribution >= 0.6 is 0 Å². The summed E-state index contributed by atoms with van der Waals surface area (Å²) in [5, 5.41) is 14.0. The number of hydrogen-bond donors (Lipinski definition) is 7. The minimum Gasteiger partial charge on any atom is -0.480 e. The molecule has 4 unspecified atom stereocenters. The third-order valence-corrected chi connectivity index (χ3v) is 5.48. The standard InChI is InChI=1S/C20H30N8O7/c21-11(6-10-8-24-9-25-10)17(31)26-12(3-4-15(22)29)19(33)28-5-1-2-14(28)18(32)27-13(20(34)35)7-16(23)30/h8-9,11-14H,1-7,21H2,(H2,22,29)(H2,23,30)(H,24,25)(H,26,31)(H,27,32)(H,34,35). The summed E-state index contributed by atoms with van der Waals surface area (Å²) >= 11 is 0. The van der Waals surface area contributed by atoms with E-state index in [2.05, 4.69) is 20.6 Å². The molecular formula is C20H30N8O7. The molecule has 1 saturated heterocycles. The predicted octanol–water partition coefficient (Wildman–Crippen LogP) is -3.53. The lowest BCUT2D eigenvalue weighted by atomic mass is 10.1. The molecule has 0 radical (unpaired) electrons. The third kappa shape index (κ3) is 8.06. The summed E-state index contributed by atoms with van der Waals surface area (Å²) in [5.41, 5.74) is 16.8. The molecule has 1 aliphatic heterocycles. The smallest absolute Gasteiger partial charge is 0.326 e. The summed E-state index contributed by atoms with van der Waals surface area (Å²) in [7, 11) is 0. The van der Waals surface area contributed by atoms with Crippen LogP contribution in [0.4, 0.5) is 0 Å². The van der Waals surface area contributed by atoms with Gasteiger partial charge >= 0.3 is 5.97 Å². The van der Waals surface area contributed by atoms with E-state index in [1.807, 2.05) is 0 Å². The van der Waals surface area contributed by atoms with E-state index < -0.39 is 66.1 Å². The maximum atomic E-state index is 13.3. The van der Waals surface area contributed by atoms with Crippen LogP contribution in [0.3, 0.4) is 0 Å². The number of amides is 5. The van der Waals surface area contributed by atoms with Crippen LogP contribution in [0.5, 0.6) is 0 Å². The fourth-order valence-corrected chi connectivity index (χ4v) is 3.72. The molecule has 5 amide bonds. The molecule has 1 aliphatic rings. The molecule has 15 nitrogen and oxygen atoms in total. The van der Waals surface area contributed by atoms with Crippen molar-refractivity contribution in [3.8, 4) is 0 Å². The summed E-state index contributed by atoms with van der Waals surface area (Å²) < 4.78 is 0. The Kier molecular flexibility index (Phi) is 9.69. The number of nitrogens with zero attached hydrogens (tertiary/aromatic N) is 2. The Morgan fingerprint density at radius 3 is 2.43 bits per heavy atom. The van der Waals surface area contributed by atoms with Crippen molar-refractivity contribution in [2.75, 3.05) is 6.54 Å². The lowest BCUT2D eigenvalue weighted by molar-refractivity contribution is -0.146. The lowest BCUT2D eigenvalue weighted by Gasteiger charge is -2.29. The first-order valence-corrected chi connectivity index (χ1v) is 10.9. The highest BCUT2D eigenvalue weighted by atomic mass is 16.4. The largest absolute Gasteiger partial charge is 0.480 e. The Bertz CT molecular complexity index is 951. The van der Waals surface area contributed by atoms with E-state index in [9.17, 15) is 33.9 Å². The van der Waals surface area contributed by atoms with Gasteiger partial charge in [0.1, 0.15) is 18.1 Å². The molecule has 1 aromatic rings. The van der Waals surface area contributed by atoms with Gasteiger partial charge in [0.25, 0.3) is 0 Å².